The Morgan fingerprint density at radius 2 is 1.75 bits per heavy atom. The Balaban J connectivity index is 3.47. The Morgan fingerprint density at radius 1 is 1.06 bits per heavy atom. The summed E-state index contributed by atoms with van der Waals surface area (Å²) in [7, 11) is 0. The first-order valence-electron chi connectivity index (χ1n) is 6.25. The molecule has 0 aromatic rings. The van der Waals surface area contributed by atoms with E-state index in [-0.39, 0.29) is 13.0 Å². The molecule has 0 saturated carbocycles. The third-order valence-corrected chi connectivity index (χ3v) is 2.61. The normalized spacial score (nSPS) is 10.9. The zero-order valence-corrected chi connectivity index (χ0v) is 10.3. The Labute approximate surface area is 98.3 Å². The highest BCUT2D eigenvalue weighted by Gasteiger charge is 2.03. The maximum Gasteiger partial charge on any atom is 0.303 e. The van der Waals surface area contributed by atoms with Crippen LogP contribution in [0.3, 0.4) is 0 Å². The van der Waals surface area contributed by atoms with Crippen molar-refractivity contribution in [2.24, 2.45) is 0 Å². The predicted octanol–water partition coefficient (Wildman–Crippen LogP) is 1.73. The molecule has 0 radical (unpaired) electrons. The zero-order valence-electron chi connectivity index (χ0n) is 10.3. The van der Waals surface area contributed by atoms with E-state index >= 15 is 0 Å². The van der Waals surface area contributed by atoms with Crippen LogP contribution in [-0.2, 0) is 4.79 Å². The lowest BCUT2D eigenvalue weighted by atomic mass is 10.2. The van der Waals surface area contributed by atoms with Crippen molar-refractivity contribution in [3.8, 4) is 0 Å². The van der Waals surface area contributed by atoms with Crippen LogP contribution in [0.25, 0.3) is 0 Å². The van der Waals surface area contributed by atoms with Crippen molar-refractivity contribution >= 4 is 5.97 Å². The molecule has 0 atom stereocenters. The molecule has 0 unspecified atom stereocenters. The summed E-state index contributed by atoms with van der Waals surface area (Å²) in [5.74, 6) is -0.710. The van der Waals surface area contributed by atoms with Crippen LogP contribution in [0.1, 0.15) is 45.4 Å². The van der Waals surface area contributed by atoms with Crippen LogP contribution in [-0.4, -0.2) is 47.3 Å². The third kappa shape index (κ3) is 9.93. The van der Waals surface area contributed by atoms with Crippen molar-refractivity contribution in [3.05, 3.63) is 0 Å². The number of aliphatic hydroxyl groups is 1. The van der Waals surface area contributed by atoms with E-state index in [1.807, 2.05) is 0 Å². The average Bonchev–Trinajstić information content (AvgIpc) is 2.24. The van der Waals surface area contributed by atoms with E-state index < -0.39 is 5.97 Å². The largest absolute Gasteiger partial charge is 0.481 e. The molecule has 0 aromatic carbocycles. The molecule has 0 saturated heterocycles. The van der Waals surface area contributed by atoms with Gasteiger partial charge >= 0.3 is 5.97 Å². The van der Waals surface area contributed by atoms with Gasteiger partial charge in [0.25, 0.3) is 0 Å². The Hall–Kier alpha value is -0.610. The van der Waals surface area contributed by atoms with Gasteiger partial charge in [0.05, 0.1) is 6.61 Å². The van der Waals surface area contributed by atoms with E-state index in [9.17, 15) is 4.79 Å². The van der Waals surface area contributed by atoms with Gasteiger partial charge in [0.2, 0.25) is 0 Å². The molecule has 0 aliphatic heterocycles. The molecular formula is C12H25NO3. The smallest absolute Gasteiger partial charge is 0.303 e. The topological polar surface area (TPSA) is 60.8 Å². The highest BCUT2D eigenvalue weighted by atomic mass is 16.4. The molecule has 2 N–H and O–H groups in total. The second-order valence-corrected chi connectivity index (χ2v) is 4.12. The van der Waals surface area contributed by atoms with E-state index in [0.29, 0.717) is 0 Å². The molecule has 96 valence electrons. The summed E-state index contributed by atoms with van der Waals surface area (Å²) in [5, 5.41) is 17.4. The van der Waals surface area contributed by atoms with Crippen molar-refractivity contribution in [2.75, 3.05) is 26.2 Å². The van der Waals surface area contributed by atoms with Gasteiger partial charge in [0, 0.05) is 13.0 Å². The summed E-state index contributed by atoms with van der Waals surface area (Å²) in [6.45, 7) is 5.11. The summed E-state index contributed by atoms with van der Waals surface area (Å²) in [4.78, 5) is 12.6. The summed E-state index contributed by atoms with van der Waals surface area (Å²) in [5.41, 5.74) is 0. The molecule has 0 aliphatic carbocycles. The first kappa shape index (κ1) is 15.4. The minimum Gasteiger partial charge on any atom is -0.481 e. The van der Waals surface area contributed by atoms with Crippen molar-refractivity contribution in [2.45, 2.75) is 45.4 Å². The van der Waals surface area contributed by atoms with Gasteiger partial charge in [0.1, 0.15) is 0 Å². The van der Waals surface area contributed by atoms with Gasteiger partial charge in [-0.1, -0.05) is 19.8 Å². The van der Waals surface area contributed by atoms with Gasteiger partial charge < -0.3 is 15.1 Å². The summed E-state index contributed by atoms with van der Waals surface area (Å²) in [6, 6.07) is 0. The van der Waals surface area contributed by atoms with E-state index in [0.717, 1.165) is 45.3 Å². The van der Waals surface area contributed by atoms with Crippen LogP contribution < -0.4 is 0 Å². The van der Waals surface area contributed by atoms with Crippen LogP contribution in [0.4, 0.5) is 0 Å². The fourth-order valence-corrected chi connectivity index (χ4v) is 1.65. The molecule has 0 bridgehead atoms. The molecule has 0 fully saturated rings. The number of unbranched alkanes of at least 4 members (excludes halogenated alkanes) is 3. The minimum absolute atomic E-state index is 0.207. The molecule has 16 heavy (non-hydrogen) atoms. The Kier molecular flexibility index (Phi) is 10.5. The maximum atomic E-state index is 10.3. The molecule has 4 nitrogen and oxygen atoms in total. The Morgan fingerprint density at radius 3 is 2.31 bits per heavy atom. The predicted molar refractivity (Wildman–Crippen MR) is 64.5 cm³/mol. The van der Waals surface area contributed by atoms with Crippen LogP contribution in [0.2, 0.25) is 0 Å². The molecular weight excluding hydrogens is 206 g/mol. The highest BCUT2D eigenvalue weighted by molar-refractivity contribution is 5.66. The number of carboxylic acids is 1. The standard InChI is InChI=1S/C12H25NO3/c1-2-3-8-13(10-11-14)9-6-4-5-7-12(15)16/h14H,2-11H2,1H3,(H,15,16). The molecule has 0 amide bonds. The number of hydrogen-bond donors (Lipinski definition) is 2. The quantitative estimate of drug-likeness (QED) is 0.532. The van der Waals surface area contributed by atoms with Crippen molar-refractivity contribution in [1.29, 1.82) is 0 Å². The molecule has 4 heteroatoms. The van der Waals surface area contributed by atoms with Crippen LogP contribution in [0, 0.1) is 0 Å². The van der Waals surface area contributed by atoms with Gasteiger partial charge in [-0.2, -0.15) is 0 Å². The lowest BCUT2D eigenvalue weighted by Crippen LogP contribution is -2.29. The molecule has 0 aromatic heterocycles. The van der Waals surface area contributed by atoms with Gasteiger partial charge in [-0.25, -0.2) is 0 Å². The van der Waals surface area contributed by atoms with Crippen molar-refractivity contribution in [3.63, 3.8) is 0 Å². The lowest BCUT2D eigenvalue weighted by Gasteiger charge is -2.20. The average molecular weight is 231 g/mol. The molecule has 0 rings (SSSR count). The molecule has 0 aliphatic rings. The number of hydrogen-bond acceptors (Lipinski definition) is 3. The van der Waals surface area contributed by atoms with Crippen LogP contribution >= 0.6 is 0 Å². The van der Waals surface area contributed by atoms with Gasteiger partial charge in [-0.05, 0) is 32.4 Å². The number of rotatable bonds is 11. The molecule has 0 spiro atoms. The Bertz CT molecular complexity index is 174. The van der Waals surface area contributed by atoms with Crippen LogP contribution in [0.5, 0.6) is 0 Å². The van der Waals surface area contributed by atoms with Crippen LogP contribution in [0.15, 0.2) is 0 Å². The van der Waals surface area contributed by atoms with E-state index in [4.69, 9.17) is 10.2 Å². The highest BCUT2D eigenvalue weighted by Crippen LogP contribution is 2.03. The summed E-state index contributed by atoms with van der Waals surface area (Å²) >= 11 is 0. The first-order chi connectivity index (χ1) is 7.70. The van der Waals surface area contributed by atoms with Crippen molar-refractivity contribution in [1.82, 2.24) is 4.90 Å². The number of aliphatic carboxylic acids is 1. The fourth-order valence-electron chi connectivity index (χ4n) is 1.65. The van der Waals surface area contributed by atoms with Gasteiger partial charge in [-0.3, -0.25) is 4.79 Å². The van der Waals surface area contributed by atoms with Crippen molar-refractivity contribution < 1.29 is 15.0 Å². The second-order valence-electron chi connectivity index (χ2n) is 4.12. The zero-order chi connectivity index (χ0) is 12.2. The lowest BCUT2D eigenvalue weighted by molar-refractivity contribution is -0.137. The number of carbonyl (C=O) groups is 1. The summed E-state index contributed by atoms with van der Waals surface area (Å²) < 4.78 is 0. The number of aliphatic hydroxyl groups excluding tert-OH is 1. The SMILES string of the molecule is CCCCN(CCO)CCCCCC(=O)O. The van der Waals surface area contributed by atoms with E-state index in [2.05, 4.69) is 11.8 Å². The fraction of sp³-hybridized carbons (Fsp3) is 0.917. The third-order valence-electron chi connectivity index (χ3n) is 2.61. The monoisotopic (exact) mass is 231 g/mol. The first-order valence-corrected chi connectivity index (χ1v) is 6.25. The maximum absolute atomic E-state index is 10.3. The second kappa shape index (κ2) is 10.9. The van der Waals surface area contributed by atoms with E-state index in [1.54, 1.807) is 0 Å². The van der Waals surface area contributed by atoms with Gasteiger partial charge in [-0.15, -0.1) is 0 Å². The van der Waals surface area contributed by atoms with E-state index in [1.165, 1.54) is 6.42 Å². The molecule has 0 heterocycles. The number of carboxylic acid groups (broad SMARTS) is 1. The number of nitrogens with zero attached hydrogens (tertiary/aromatic N) is 1. The van der Waals surface area contributed by atoms with Gasteiger partial charge in [0.15, 0.2) is 0 Å². The summed E-state index contributed by atoms with van der Waals surface area (Å²) in [6.07, 6.45) is 5.35. The minimum atomic E-state index is -0.710.